The molecule has 0 radical (unpaired) electrons. The molecule has 0 aromatic heterocycles. The van der Waals surface area contributed by atoms with Crippen molar-refractivity contribution < 1.29 is 28.6 Å². The summed E-state index contributed by atoms with van der Waals surface area (Å²) in [6.07, 6.45) is 85.5. The van der Waals surface area contributed by atoms with E-state index in [9.17, 15) is 14.4 Å². The van der Waals surface area contributed by atoms with Gasteiger partial charge in [-0.1, -0.05) is 231 Å². The highest BCUT2D eigenvalue weighted by Gasteiger charge is 2.19. The normalized spacial score (nSPS) is 13.2. The van der Waals surface area contributed by atoms with Crippen LogP contribution >= 0.6 is 0 Å². The predicted octanol–water partition coefficient (Wildman–Crippen LogP) is 20.0. The third kappa shape index (κ3) is 58.1. The van der Waals surface area contributed by atoms with Crippen molar-refractivity contribution in [2.45, 2.75) is 245 Å². The van der Waals surface area contributed by atoms with Crippen LogP contribution in [0.1, 0.15) is 239 Å². The highest BCUT2D eigenvalue weighted by molar-refractivity contribution is 5.71. The second kappa shape index (κ2) is 59.8. The van der Waals surface area contributed by atoms with Crippen LogP contribution in [0.2, 0.25) is 0 Å². The van der Waals surface area contributed by atoms with Gasteiger partial charge in [-0.05, 0) is 135 Å². The lowest BCUT2D eigenvalue weighted by Gasteiger charge is -2.18. The first-order valence-electron chi connectivity index (χ1n) is 29.3. The Kier molecular flexibility index (Phi) is 56.0. The molecule has 0 N–H and O–H groups in total. The van der Waals surface area contributed by atoms with Crippen LogP contribution in [-0.4, -0.2) is 37.2 Å². The maximum absolute atomic E-state index is 12.9. The van der Waals surface area contributed by atoms with Crippen LogP contribution in [0.4, 0.5) is 0 Å². The van der Waals surface area contributed by atoms with Gasteiger partial charge in [0.2, 0.25) is 0 Å². The molecule has 0 aliphatic rings. The van der Waals surface area contributed by atoms with Gasteiger partial charge in [-0.25, -0.2) is 0 Å². The summed E-state index contributed by atoms with van der Waals surface area (Å²) in [7, 11) is 0. The van der Waals surface area contributed by atoms with Crippen LogP contribution in [0, 0.1) is 0 Å². The molecule has 410 valence electrons. The largest absolute Gasteiger partial charge is 0.462 e. The zero-order valence-electron chi connectivity index (χ0n) is 46.8. The van der Waals surface area contributed by atoms with E-state index in [1.54, 1.807) is 0 Å². The quantitative estimate of drug-likeness (QED) is 0.0261. The highest BCUT2D eigenvalue weighted by atomic mass is 16.6. The Morgan fingerprint density at radius 2 is 0.493 bits per heavy atom. The molecule has 0 aliphatic carbocycles. The maximum atomic E-state index is 12.9. The molecule has 0 aromatic rings. The van der Waals surface area contributed by atoms with E-state index in [4.69, 9.17) is 14.2 Å². The first-order chi connectivity index (χ1) is 36.0. The summed E-state index contributed by atoms with van der Waals surface area (Å²) in [5.41, 5.74) is 0. The first-order valence-corrected chi connectivity index (χ1v) is 29.3. The topological polar surface area (TPSA) is 78.9 Å². The molecule has 0 rings (SSSR count). The number of esters is 3. The van der Waals surface area contributed by atoms with E-state index < -0.39 is 6.10 Å². The monoisotopic (exact) mass is 1010 g/mol. The van der Waals surface area contributed by atoms with Gasteiger partial charge in [-0.3, -0.25) is 14.4 Å². The molecule has 6 heteroatoms. The van der Waals surface area contributed by atoms with Crippen LogP contribution in [0.5, 0.6) is 0 Å². The molecule has 0 saturated carbocycles. The number of allylic oxidation sites excluding steroid dienone is 24. The van der Waals surface area contributed by atoms with Gasteiger partial charge in [-0.15, -0.1) is 0 Å². The Balaban J connectivity index is 4.45. The van der Waals surface area contributed by atoms with Crippen LogP contribution in [0.25, 0.3) is 0 Å². The third-order valence-corrected chi connectivity index (χ3v) is 11.8. The zero-order valence-corrected chi connectivity index (χ0v) is 46.8. The van der Waals surface area contributed by atoms with E-state index >= 15 is 0 Å². The number of ether oxygens (including phenoxy) is 3. The van der Waals surface area contributed by atoms with Crippen molar-refractivity contribution in [1.29, 1.82) is 0 Å². The summed E-state index contributed by atoms with van der Waals surface area (Å²) >= 11 is 0. The fourth-order valence-electron chi connectivity index (χ4n) is 7.53. The van der Waals surface area contributed by atoms with Gasteiger partial charge < -0.3 is 14.2 Å². The zero-order chi connectivity index (χ0) is 52.9. The smallest absolute Gasteiger partial charge is 0.306 e. The van der Waals surface area contributed by atoms with Crippen LogP contribution in [0.15, 0.2) is 146 Å². The van der Waals surface area contributed by atoms with Crippen molar-refractivity contribution in [1.82, 2.24) is 0 Å². The van der Waals surface area contributed by atoms with Gasteiger partial charge in [0, 0.05) is 19.3 Å². The van der Waals surface area contributed by atoms with Crippen LogP contribution in [0.3, 0.4) is 0 Å². The van der Waals surface area contributed by atoms with Crippen molar-refractivity contribution in [3.8, 4) is 0 Å². The lowest BCUT2D eigenvalue weighted by molar-refractivity contribution is -0.167. The Labute approximate surface area is 448 Å². The number of carbonyl (C=O) groups is 3. The van der Waals surface area contributed by atoms with Crippen molar-refractivity contribution in [3.63, 3.8) is 0 Å². The van der Waals surface area contributed by atoms with Gasteiger partial charge >= 0.3 is 17.9 Å². The lowest BCUT2D eigenvalue weighted by atomic mass is 10.1. The highest BCUT2D eigenvalue weighted by Crippen LogP contribution is 2.14. The molecular weight excluding hydrogens is 901 g/mol. The number of rotatable bonds is 51. The first kappa shape index (κ1) is 68.3. The predicted molar refractivity (Wildman–Crippen MR) is 315 cm³/mol. The number of hydrogen-bond donors (Lipinski definition) is 0. The minimum atomic E-state index is -0.810. The molecule has 0 saturated heterocycles. The summed E-state index contributed by atoms with van der Waals surface area (Å²) in [5.74, 6) is -0.965. The summed E-state index contributed by atoms with van der Waals surface area (Å²) in [5, 5.41) is 0. The molecule has 0 heterocycles. The molecule has 0 aliphatic heterocycles. The fraction of sp³-hybridized carbons (Fsp3) is 0.597. The van der Waals surface area contributed by atoms with Crippen molar-refractivity contribution in [2.24, 2.45) is 0 Å². The fourth-order valence-corrected chi connectivity index (χ4v) is 7.53. The van der Waals surface area contributed by atoms with Gasteiger partial charge in [-0.2, -0.15) is 0 Å². The molecule has 1 unspecified atom stereocenters. The molecule has 6 nitrogen and oxygen atoms in total. The van der Waals surface area contributed by atoms with E-state index in [2.05, 4.69) is 167 Å². The number of carbonyl (C=O) groups excluding carboxylic acids is 3. The molecule has 1 atom stereocenters. The van der Waals surface area contributed by atoms with E-state index in [0.717, 1.165) is 161 Å². The van der Waals surface area contributed by atoms with E-state index in [-0.39, 0.29) is 31.1 Å². The summed E-state index contributed by atoms with van der Waals surface area (Å²) in [6.45, 7) is 6.24. The summed E-state index contributed by atoms with van der Waals surface area (Å²) < 4.78 is 16.8. The number of hydrogen-bond acceptors (Lipinski definition) is 6. The standard InChI is InChI=1S/C67H106O6/c1-4-7-10-13-16-19-22-25-27-29-31-32-33-34-36-37-39-42-45-48-51-54-57-60-66(69)72-63-64(62-71-65(68)59-56-53-50-47-44-41-24-21-18-15-12-9-6-3)73-67(70)61-58-55-52-49-46-43-40-38-35-30-28-26-23-20-17-14-11-8-5-2/h7-12,16-21,25-28,31-32,34-36,38,41,44,64H,4-6,13-15,22-24,29-30,33,37,39-40,42-43,45-63H2,1-3H3/b10-7-,11-8-,12-9-,19-16-,20-17-,21-18-,27-25-,28-26-,32-31-,36-34-,38-35-,44-41-. The minimum absolute atomic E-state index is 0.105. The van der Waals surface area contributed by atoms with Crippen molar-refractivity contribution in [2.75, 3.05) is 13.2 Å². The third-order valence-electron chi connectivity index (χ3n) is 11.8. The van der Waals surface area contributed by atoms with E-state index in [1.165, 1.54) is 38.5 Å². The molecule has 73 heavy (non-hydrogen) atoms. The van der Waals surface area contributed by atoms with Gasteiger partial charge in [0.1, 0.15) is 13.2 Å². The summed E-state index contributed by atoms with van der Waals surface area (Å²) in [4.78, 5) is 38.2. The molecule has 0 bridgehead atoms. The average Bonchev–Trinajstić information content (AvgIpc) is 3.39. The minimum Gasteiger partial charge on any atom is -0.462 e. The van der Waals surface area contributed by atoms with Crippen LogP contribution in [-0.2, 0) is 28.6 Å². The van der Waals surface area contributed by atoms with Gasteiger partial charge in [0.25, 0.3) is 0 Å². The summed E-state index contributed by atoms with van der Waals surface area (Å²) in [6, 6.07) is 0. The maximum Gasteiger partial charge on any atom is 0.306 e. The molecule has 0 fully saturated rings. The lowest BCUT2D eigenvalue weighted by Crippen LogP contribution is -2.30. The second-order valence-corrected chi connectivity index (χ2v) is 18.8. The number of unbranched alkanes of at least 4 members (excludes halogenated alkanes) is 16. The Hall–Kier alpha value is -4.71. The van der Waals surface area contributed by atoms with Crippen molar-refractivity contribution in [3.05, 3.63) is 146 Å². The van der Waals surface area contributed by atoms with E-state index in [0.29, 0.717) is 19.3 Å². The van der Waals surface area contributed by atoms with E-state index in [1.807, 2.05) is 0 Å². The molecular formula is C67H106O6. The van der Waals surface area contributed by atoms with Crippen LogP contribution < -0.4 is 0 Å². The Bertz CT molecular complexity index is 1630. The Morgan fingerprint density at radius 3 is 0.781 bits per heavy atom. The molecule has 0 aromatic carbocycles. The van der Waals surface area contributed by atoms with Gasteiger partial charge in [0.15, 0.2) is 6.10 Å². The molecule has 0 amide bonds. The molecule has 0 spiro atoms. The second-order valence-electron chi connectivity index (χ2n) is 18.8. The van der Waals surface area contributed by atoms with Crippen molar-refractivity contribution >= 4 is 17.9 Å². The SMILES string of the molecule is CC/C=C\C/C=C\C/C=C\C/C=C\C/C=C\CCCCCCCCCC(=O)OCC(COC(=O)CCCCC/C=C\C/C=C\C/C=C\CC)OC(=O)CCCCCCCC/C=C\C/C=C\C/C=C\C/C=C\CC. The van der Waals surface area contributed by atoms with Gasteiger partial charge in [0.05, 0.1) is 0 Å². The average molecular weight is 1010 g/mol. The Morgan fingerprint density at radius 1 is 0.274 bits per heavy atom.